The van der Waals surface area contributed by atoms with E-state index in [1.165, 1.54) is 0 Å². The van der Waals surface area contributed by atoms with Gasteiger partial charge >= 0.3 is 0 Å². The van der Waals surface area contributed by atoms with E-state index in [9.17, 15) is 4.79 Å². The van der Waals surface area contributed by atoms with Crippen molar-refractivity contribution in [1.29, 1.82) is 0 Å². The summed E-state index contributed by atoms with van der Waals surface area (Å²) in [5.41, 5.74) is 2.23. The standard InChI is InChI=1S/C19H21NO3/c1-22-17-9-5-6-15(12-17)10-11-19(21)20-13-18(23-14-20)16-7-3-2-4-8-16/h2-9,12,18H,10-11,13-14H2,1H3. The van der Waals surface area contributed by atoms with Gasteiger partial charge in [0.05, 0.1) is 13.7 Å². The van der Waals surface area contributed by atoms with Gasteiger partial charge in [0, 0.05) is 6.42 Å². The number of carbonyl (C=O) groups is 1. The van der Waals surface area contributed by atoms with Crippen LogP contribution in [0.4, 0.5) is 0 Å². The first kappa shape index (κ1) is 15.6. The van der Waals surface area contributed by atoms with Crippen LogP contribution in [0.3, 0.4) is 0 Å². The van der Waals surface area contributed by atoms with Crippen molar-refractivity contribution in [3.05, 3.63) is 65.7 Å². The van der Waals surface area contributed by atoms with Gasteiger partial charge < -0.3 is 14.4 Å². The highest BCUT2D eigenvalue weighted by Gasteiger charge is 2.27. The smallest absolute Gasteiger partial charge is 0.224 e. The number of carbonyl (C=O) groups excluding carboxylic acids is 1. The summed E-state index contributed by atoms with van der Waals surface area (Å²) in [6.45, 7) is 0.997. The molecule has 4 heteroatoms. The van der Waals surface area contributed by atoms with Crippen LogP contribution in [0, 0.1) is 0 Å². The molecule has 0 aliphatic carbocycles. The van der Waals surface area contributed by atoms with Gasteiger partial charge in [-0.3, -0.25) is 4.79 Å². The highest BCUT2D eigenvalue weighted by atomic mass is 16.5. The molecule has 0 saturated carbocycles. The van der Waals surface area contributed by atoms with Crippen molar-refractivity contribution in [2.24, 2.45) is 0 Å². The Morgan fingerprint density at radius 1 is 1.22 bits per heavy atom. The third kappa shape index (κ3) is 3.90. The first-order valence-corrected chi connectivity index (χ1v) is 7.83. The van der Waals surface area contributed by atoms with Crippen molar-refractivity contribution in [1.82, 2.24) is 4.90 Å². The van der Waals surface area contributed by atoms with E-state index in [4.69, 9.17) is 9.47 Å². The summed E-state index contributed by atoms with van der Waals surface area (Å²) in [6.07, 6.45) is 1.18. The second kappa shape index (κ2) is 7.29. The summed E-state index contributed by atoms with van der Waals surface area (Å²) in [5, 5.41) is 0. The van der Waals surface area contributed by atoms with E-state index < -0.39 is 0 Å². The Kier molecular flexibility index (Phi) is 4.93. The minimum atomic E-state index is -0.0167. The largest absolute Gasteiger partial charge is 0.497 e. The Hall–Kier alpha value is -2.33. The van der Waals surface area contributed by atoms with Gasteiger partial charge in [-0.1, -0.05) is 42.5 Å². The van der Waals surface area contributed by atoms with Crippen molar-refractivity contribution in [3.63, 3.8) is 0 Å². The fraction of sp³-hybridized carbons (Fsp3) is 0.316. The lowest BCUT2D eigenvalue weighted by atomic mass is 10.1. The summed E-state index contributed by atoms with van der Waals surface area (Å²) in [4.78, 5) is 14.2. The third-order valence-corrected chi connectivity index (χ3v) is 4.10. The molecule has 1 aliphatic rings. The van der Waals surface area contributed by atoms with Gasteiger partial charge in [-0.25, -0.2) is 0 Å². The van der Waals surface area contributed by atoms with Crippen LogP contribution in [0.2, 0.25) is 0 Å². The number of aryl methyl sites for hydroxylation is 1. The van der Waals surface area contributed by atoms with Crippen LogP contribution in [-0.2, 0) is 16.0 Å². The normalized spacial score (nSPS) is 17.3. The first-order valence-electron chi connectivity index (χ1n) is 7.83. The molecule has 0 aromatic heterocycles. The first-order chi connectivity index (χ1) is 11.3. The number of rotatable bonds is 5. The fourth-order valence-electron chi connectivity index (χ4n) is 2.77. The molecular weight excluding hydrogens is 290 g/mol. The van der Waals surface area contributed by atoms with E-state index in [0.29, 0.717) is 26.1 Å². The molecule has 2 aromatic carbocycles. The zero-order chi connectivity index (χ0) is 16.1. The maximum absolute atomic E-state index is 12.4. The second-order valence-electron chi connectivity index (χ2n) is 5.66. The number of methoxy groups -OCH3 is 1. The molecule has 1 saturated heterocycles. The van der Waals surface area contributed by atoms with E-state index in [2.05, 4.69) is 0 Å². The van der Waals surface area contributed by atoms with Crippen molar-refractivity contribution < 1.29 is 14.3 Å². The lowest BCUT2D eigenvalue weighted by molar-refractivity contribution is -0.131. The number of hydrogen-bond acceptors (Lipinski definition) is 3. The van der Waals surface area contributed by atoms with E-state index in [0.717, 1.165) is 16.9 Å². The Morgan fingerprint density at radius 2 is 2.04 bits per heavy atom. The van der Waals surface area contributed by atoms with Crippen LogP contribution in [-0.4, -0.2) is 31.2 Å². The molecule has 1 heterocycles. The quantitative estimate of drug-likeness (QED) is 0.851. The van der Waals surface area contributed by atoms with Gasteiger partial charge in [-0.15, -0.1) is 0 Å². The van der Waals surface area contributed by atoms with E-state index in [1.807, 2.05) is 54.6 Å². The molecule has 120 valence electrons. The molecule has 0 spiro atoms. The molecule has 23 heavy (non-hydrogen) atoms. The van der Waals surface area contributed by atoms with E-state index >= 15 is 0 Å². The monoisotopic (exact) mass is 311 g/mol. The second-order valence-corrected chi connectivity index (χ2v) is 5.66. The summed E-state index contributed by atoms with van der Waals surface area (Å²) in [5.74, 6) is 0.954. The van der Waals surface area contributed by atoms with Gasteiger partial charge in [0.15, 0.2) is 0 Å². The van der Waals surface area contributed by atoms with E-state index in [-0.39, 0.29) is 12.0 Å². The van der Waals surface area contributed by atoms with Crippen molar-refractivity contribution >= 4 is 5.91 Å². The van der Waals surface area contributed by atoms with Crippen molar-refractivity contribution in [2.75, 3.05) is 20.4 Å². The Bertz CT molecular complexity index is 657. The molecule has 1 atom stereocenters. The number of ether oxygens (including phenoxy) is 2. The highest BCUT2D eigenvalue weighted by Crippen LogP contribution is 2.25. The maximum Gasteiger partial charge on any atom is 0.224 e. The molecule has 4 nitrogen and oxygen atoms in total. The lowest BCUT2D eigenvalue weighted by Crippen LogP contribution is -2.28. The fourth-order valence-corrected chi connectivity index (χ4v) is 2.77. The van der Waals surface area contributed by atoms with Crippen LogP contribution in [0.5, 0.6) is 5.75 Å². The summed E-state index contributed by atoms with van der Waals surface area (Å²) in [6, 6.07) is 17.9. The van der Waals surface area contributed by atoms with Crippen molar-refractivity contribution in [3.8, 4) is 5.75 Å². The predicted octanol–water partition coefficient (Wildman–Crippen LogP) is 3.19. The van der Waals surface area contributed by atoms with Gasteiger partial charge in [-0.05, 0) is 29.7 Å². The summed E-state index contributed by atoms with van der Waals surface area (Å²) in [7, 11) is 1.65. The molecular formula is C19H21NO3. The average Bonchev–Trinajstić information content (AvgIpc) is 3.11. The minimum absolute atomic E-state index is 0.0167. The third-order valence-electron chi connectivity index (χ3n) is 4.10. The SMILES string of the molecule is COc1cccc(CCC(=O)N2COC(c3ccccc3)C2)c1. The van der Waals surface area contributed by atoms with Gasteiger partial charge in [0.25, 0.3) is 0 Å². The van der Waals surface area contributed by atoms with Crippen LogP contribution >= 0.6 is 0 Å². The Labute approximate surface area is 136 Å². The molecule has 2 aromatic rings. The van der Waals surface area contributed by atoms with Gasteiger partial charge in [-0.2, -0.15) is 0 Å². The summed E-state index contributed by atoms with van der Waals surface area (Å²) < 4.78 is 11.0. The highest BCUT2D eigenvalue weighted by molar-refractivity contribution is 5.76. The molecule has 3 rings (SSSR count). The molecule has 1 fully saturated rings. The molecule has 0 bridgehead atoms. The molecule has 1 aliphatic heterocycles. The minimum Gasteiger partial charge on any atom is -0.497 e. The molecule has 0 N–H and O–H groups in total. The lowest BCUT2D eigenvalue weighted by Gasteiger charge is -2.14. The van der Waals surface area contributed by atoms with Gasteiger partial charge in [0.2, 0.25) is 5.91 Å². The van der Waals surface area contributed by atoms with E-state index in [1.54, 1.807) is 12.0 Å². The van der Waals surface area contributed by atoms with Crippen LogP contribution in [0.1, 0.15) is 23.7 Å². The molecule has 0 radical (unpaired) electrons. The van der Waals surface area contributed by atoms with Crippen LogP contribution in [0.15, 0.2) is 54.6 Å². The molecule has 1 amide bonds. The summed E-state index contributed by atoms with van der Waals surface area (Å²) >= 11 is 0. The van der Waals surface area contributed by atoms with Crippen LogP contribution in [0.25, 0.3) is 0 Å². The zero-order valence-electron chi connectivity index (χ0n) is 13.3. The van der Waals surface area contributed by atoms with Crippen molar-refractivity contribution in [2.45, 2.75) is 18.9 Å². The van der Waals surface area contributed by atoms with Gasteiger partial charge in [0.1, 0.15) is 18.6 Å². The molecule has 1 unspecified atom stereocenters. The van der Waals surface area contributed by atoms with Crippen LogP contribution < -0.4 is 4.74 Å². The zero-order valence-corrected chi connectivity index (χ0v) is 13.3. The number of benzene rings is 2. The topological polar surface area (TPSA) is 38.8 Å². The predicted molar refractivity (Wildman–Crippen MR) is 88.2 cm³/mol. The number of nitrogens with zero attached hydrogens (tertiary/aromatic N) is 1. The number of hydrogen-bond donors (Lipinski definition) is 0. The number of amides is 1. The average molecular weight is 311 g/mol. The maximum atomic E-state index is 12.4. The Balaban J connectivity index is 1.53. The Morgan fingerprint density at radius 3 is 2.83 bits per heavy atom.